The van der Waals surface area contributed by atoms with Gasteiger partial charge in [0.25, 0.3) is 17.2 Å². The van der Waals surface area contributed by atoms with E-state index in [1.54, 1.807) is 29.2 Å². The smallest absolute Gasteiger partial charge is 0.274 e. The van der Waals surface area contributed by atoms with E-state index in [-0.39, 0.29) is 24.1 Å². The predicted molar refractivity (Wildman–Crippen MR) is 111 cm³/mol. The molecule has 158 valence electrons. The molecule has 2 aromatic heterocycles. The van der Waals surface area contributed by atoms with Crippen molar-refractivity contribution in [2.45, 2.75) is 45.4 Å². The van der Waals surface area contributed by atoms with Crippen molar-refractivity contribution in [3.63, 3.8) is 0 Å². The maximum absolute atomic E-state index is 12.5. The zero-order valence-electron chi connectivity index (χ0n) is 16.7. The summed E-state index contributed by atoms with van der Waals surface area (Å²) in [5.41, 5.74) is 0.623. The highest BCUT2D eigenvalue weighted by molar-refractivity contribution is 6.31. The summed E-state index contributed by atoms with van der Waals surface area (Å²) in [6.07, 6.45) is 2.64. The molecule has 0 spiro atoms. The first kappa shape index (κ1) is 20.4. The third-order valence-corrected chi connectivity index (χ3v) is 5.02. The quantitative estimate of drug-likeness (QED) is 0.644. The van der Waals surface area contributed by atoms with Gasteiger partial charge in [-0.25, -0.2) is 4.98 Å². The summed E-state index contributed by atoms with van der Waals surface area (Å²) in [4.78, 5) is 33.5. The molecule has 1 atom stereocenters. The standard InChI is InChI=1S/C20H22ClN5O4/c1-12(2)25-11-22-20-23-14(9-18(27)26(20)25)10-30-16-6-5-13(21)8-15(16)24-19(28)17-4-3-7-29-17/h5-6,8-9,11-12,17H,3-4,7,10H2,1-2H3,(H,24,28)/t17-/m1/s1. The lowest BCUT2D eigenvalue weighted by molar-refractivity contribution is -0.124. The summed E-state index contributed by atoms with van der Waals surface area (Å²) in [7, 11) is 0. The van der Waals surface area contributed by atoms with E-state index in [1.807, 2.05) is 13.8 Å². The highest BCUT2D eigenvalue weighted by Gasteiger charge is 2.24. The number of benzene rings is 1. The molecule has 1 saturated heterocycles. The number of carbonyl (C=O) groups is 1. The summed E-state index contributed by atoms with van der Waals surface area (Å²) < 4.78 is 14.4. The number of fused-ring (bicyclic) bond motifs is 1. The maximum atomic E-state index is 12.5. The Hall–Kier alpha value is -2.91. The van der Waals surface area contributed by atoms with Crippen molar-refractivity contribution in [3.8, 4) is 5.75 Å². The molecule has 1 N–H and O–H groups in total. The Morgan fingerprint density at radius 3 is 2.97 bits per heavy atom. The van der Waals surface area contributed by atoms with Crippen LogP contribution >= 0.6 is 11.6 Å². The largest absolute Gasteiger partial charge is 0.485 e. The van der Waals surface area contributed by atoms with Crippen LogP contribution < -0.4 is 15.6 Å². The molecule has 0 aliphatic carbocycles. The molecule has 30 heavy (non-hydrogen) atoms. The average Bonchev–Trinajstić information content (AvgIpc) is 3.37. The molecule has 1 aliphatic rings. The lowest BCUT2D eigenvalue weighted by atomic mass is 10.2. The van der Waals surface area contributed by atoms with Crippen LogP contribution in [0.5, 0.6) is 5.75 Å². The van der Waals surface area contributed by atoms with E-state index in [9.17, 15) is 9.59 Å². The molecule has 0 unspecified atom stereocenters. The molecular formula is C20H22ClN5O4. The Kier molecular flexibility index (Phi) is 5.74. The number of hydrogen-bond donors (Lipinski definition) is 1. The van der Waals surface area contributed by atoms with Crippen LogP contribution in [0, 0.1) is 0 Å². The Labute approximate surface area is 177 Å². The molecule has 1 amide bonds. The number of carbonyl (C=O) groups excluding carboxylic acids is 1. The van der Waals surface area contributed by atoms with Crippen molar-refractivity contribution in [1.82, 2.24) is 19.2 Å². The van der Waals surface area contributed by atoms with Crippen LogP contribution in [0.1, 0.15) is 38.4 Å². The van der Waals surface area contributed by atoms with E-state index in [4.69, 9.17) is 21.1 Å². The van der Waals surface area contributed by atoms with Gasteiger partial charge in [-0.1, -0.05) is 11.6 Å². The van der Waals surface area contributed by atoms with Crippen LogP contribution in [0.25, 0.3) is 5.78 Å². The van der Waals surface area contributed by atoms with Crippen LogP contribution in [-0.4, -0.2) is 37.8 Å². The van der Waals surface area contributed by atoms with Crippen LogP contribution in [0.4, 0.5) is 5.69 Å². The van der Waals surface area contributed by atoms with Gasteiger partial charge >= 0.3 is 0 Å². The molecule has 4 rings (SSSR count). The van der Waals surface area contributed by atoms with E-state index < -0.39 is 6.10 Å². The molecule has 1 aromatic carbocycles. The molecule has 0 saturated carbocycles. The van der Waals surface area contributed by atoms with E-state index in [0.29, 0.717) is 41.0 Å². The molecule has 1 fully saturated rings. The van der Waals surface area contributed by atoms with Crippen molar-refractivity contribution in [2.75, 3.05) is 11.9 Å². The number of amides is 1. The number of hydrogen-bond acceptors (Lipinski definition) is 6. The van der Waals surface area contributed by atoms with Gasteiger partial charge in [0, 0.05) is 23.7 Å². The molecule has 1 aliphatic heterocycles. The number of rotatable bonds is 6. The second-order valence-electron chi connectivity index (χ2n) is 7.34. The number of nitrogens with one attached hydrogen (secondary N) is 1. The number of aromatic nitrogens is 4. The minimum atomic E-state index is -0.475. The molecular weight excluding hydrogens is 410 g/mol. The van der Waals surface area contributed by atoms with Gasteiger partial charge in [-0.3, -0.25) is 14.3 Å². The summed E-state index contributed by atoms with van der Waals surface area (Å²) in [6, 6.07) is 6.41. The van der Waals surface area contributed by atoms with Gasteiger partial charge in [0.15, 0.2) is 0 Å². The average molecular weight is 432 g/mol. The summed E-state index contributed by atoms with van der Waals surface area (Å²) >= 11 is 6.09. The number of anilines is 1. The number of ether oxygens (including phenoxy) is 2. The van der Waals surface area contributed by atoms with Crippen molar-refractivity contribution in [3.05, 3.63) is 51.7 Å². The Bertz CT molecular complexity index is 1130. The monoisotopic (exact) mass is 431 g/mol. The first-order valence-corrected chi connectivity index (χ1v) is 10.1. The molecule has 3 aromatic rings. The normalized spacial score (nSPS) is 16.3. The van der Waals surface area contributed by atoms with Gasteiger partial charge < -0.3 is 14.8 Å². The third-order valence-electron chi connectivity index (χ3n) is 4.78. The zero-order chi connectivity index (χ0) is 21.3. The van der Waals surface area contributed by atoms with Crippen LogP contribution in [0.2, 0.25) is 5.02 Å². The second-order valence-corrected chi connectivity index (χ2v) is 7.77. The molecule has 0 bridgehead atoms. The fourth-order valence-corrected chi connectivity index (χ4v) is 3.46. The fraction of sp³-hybridized carbons (Fsp3) is 0.400. The van der Waals surface area contributed by atoms with E-state index >= 15 is 0 Å². The number of nitrogens with zero attached hydrogens (tertiary/aromatic N) is 4. The van der Waals surface area contributed by atoms with Crippen molar-refractivity contribution >= 4 is 29.0 Å². The van der Waals surface area contributed by atoms with Gasteiger partial charge in [0.05, 0.1) is 11.4 Å². The fourth-order valence-electron chi connectivity index (χ4n) is 3.29. The minimum Gasteiger partial charge on any atom is -0.485 e. The molecule has 0 radical (unpaired) electrons. The van der Waals surface area contributed by atoms with Gasteiger partial charge in [0.2, 0.25) is 0 Å². The number of halogens is 1. The summed E-state index contributed by atoms with van der Waals surface area (Å²) in [5.74, 6) is 0.481. The van der Waals surface area contributed by atoms with E-state index in [0.717, 1.165) is 6.42 Å². The van der Waals surface area contributed by atoms with Gasteiger partial charge in [-0.05, 0) is 44.9 Å². The Morgan fingerprint density at radius 1 is 1.40 bits per heavy atom. The van der Waals surface area contributed by atoms with E-state index in [2.05, 4.69) is 15.3 Å². The zero-order valence-corrected chi connectivity index (χ0v) is 17.4. The lowest BCUT2D eigenvalue weighted by Gasteiger charge is -2.15. The topological polar surface area (TPSA) is 99.8 Å². The molecule has 3 heterocycles. The van der Waals surface area contributed by atoms with E-state index in [1.165, 1.54) is 10.6 Å². The lowest BCUT2D eigenvalue weighted by Crippen LogP contribution is -2.27. The Balaban J connectivity index is 1.53. The van der Waals surface area contributed by atoms with Crippen LogP contribution in [-0.2, 0) is 16.1 Å². The predicted octanol–water partition coefficient (Wildman–Crippen LogP) is 2.82. The maximum Gasteiger partial charge on any atom is 0.274 e. The van der Waals surface area contributed by atoms with Gasteiger partial charge in [-0.2, -0.15) is 9.50 Å². The first-order valence-electron chi connectivity index (χ1n) is 9.73. The highest BCUT2D eigenvalue weighted by atomic mass is 35.5. The third kappa shape index (κ3) is 4.17. The van der Waals surface area contributed by atoms with Crippen LogP contribution in [0.15, 0.2) is 35.4 Å². The van der Waals surface area contributed by atoms with Crippen LogP contribution in [0.3, 0.4) is 0 Å². The molecule has 9 nitrogen and oxygen atoms in total. The van der Waals surface area contributed by atoms with Crippen molar-refractivity contribution in [1.29, 1.82) is 0 Å². The first-order chi connectivity index (χ1) is 14.4. The Morgan fingerprint density at radius 2 is 2.23 bits per heavy atom. The highest BCUT2D eigenvalue weighted by Crippen LogP contribution is 2.29. The van der Waals surface area contributed by atoms with Crippen molar-refractivity contribution < 1.29 is 14.3 Å². The SMILES string of the molecule is CC(C)n1cnc2nc(COc3ccc(Cl)cc3NC(=O)[C@H]3CCCO3)cc(=O)n21. The van der Waals surface area contributed by atoms with Crippen molar-refractivity contribution in [2.24, 2.45) is 0 Å². The van der Waals surface area contributed by atoms with Gasteiger partial charge in [-0.15, -0.1) is 0 Å². The molecule has 10 heteroatoms. The second kappa shape index (κ2) is 8.45. The summed E-state index contributed by atoms with van der Waals surface area (Å²) in [5, 5.41) is 3.27. The minimum absolute atomic E-state index is 0.0325. The summed E-state index contributed by atoms with van der Waals surface area (Å²) in [6.45, 7) is 4.52. The van der Waals surface area contributed by atoms with Gasteiger partial charge in [0.1, 0.15) is 24.8 Å².